The van der Waals surface area contributed by atoms with Crippen LogP contribution in [0.25, 0.3) is 0 Å². The van der Waals surface area contributed by atoms with E-state index in [2.05, 4.69) is 4.72 Å². The van der Waals surface area contributed by atoms with E-state index in [0.717, 1.165) is 18.2 Å². The van der Waals surface area contributed by atoms with E-state index in [-0.39, 0.29) is 9.92 Å². The summed E-state index contributed by atoms with van der Waals surface area (Å²) in [5.41, 5.74) is 0.622. The highest BCUT2D eigenvalue weighted by Gasteiger charge is 2.21. The third-order valence-corrected chi connectivity index (χ3v) is 4.64. The van der Waals surface area contributed by atoms with Gasteiger partial charge in [0.05, 0.1) is 22.6 Å². The largest absolute Gasteiger partial charge is 0.394 e. The molecule has 4 nitrogen and oxygen atoms in total. The molecule has 0 bridgehead atoms. The van der Waals surface area contributed by atoms with Crippen LogP contribution in [0.4, 0.5) is 4.39 Å². The van der Waals surface area contributed by atoms with Crippen LogP contribution in [-0.4, -0.2) is 20.1 Å². The van der Waals surface area contributed by atoms with E-state index in [1.807, 2.05) is 0 Å². The fraction of sp³-hybridized carbons (Fsp3) is 0.143. The van der Waals surface area contributed by atoms with Crippen LogP contribution in [0.15, 0.2) is 53.4 Å². The maximum Gasteiger partial charge on any atom is 0.241 e. The second kappa shape index (κ2) is 6.53. The Balaban J connectivity index is 2.29. The van der Waals surface area contributed by atoms with Crippen LogP contribution in [-0.2, 0) is 10.0 Å². The third kappa shape index (κ3) is 3.79. The minimum atomic E-state index is -3.92. The first kappa shape index (κ1) is 15.9. The van der Waals surface area contributed by atoms with Crippen molar-refractivity contribution in [2.45, 2.75) is 10.9 Å². The third-order valence-electron chi connectivity index (χ3n) is 2.88. The van der Waals surface area contributed by atoms with Crippen LogP contribution in [0.3, 0.4) is 0 Å². The van der Waals surface area contributed by atoms with E-state index in [1.165, 1.54) is 0 Å². The molecule has 0 aromatic heterocycles. The van der Waals surface area contributed by atoms with Crippen LogP contribution in [0, 0.1) is 5.82 Å². The molecule has 0 spiro atoms. The molecular weight excluding hydrogens is 317 g/mol. The predicted molar refractivity (Wildman–Crippen MR) is 78.0 cm³/mol. The second-order valence-electron chi connectivity index (χ2n) is 4.34. The van der Waals surface area contributed by atoms with E-state index >= 15 is 0 Å². The summed E-state index contributed by atoms with van der Waals surface area (Å²) in [4.78, 5) is -0.164. The molecule has 112 valence electrons. The molecule has 2 rings (SSSR count). The van der Waals surface area contributed by atoms with E-state index in [1.54, 1.807) is 30.3 Å². The zero-order valence-corrected chi connectivity index (χ0v) is 12.4. The molecule has 2 aromatic rings. The number of rotatable bonds is 5. The van der Waals surface area contributed by atoms with E-state index in [9.17, 15) is 17.9 Å². The number of aliphatic hydroxyl groups is 1. The number of hydrogen-bond donors (Lipinski definition) is 2. The Hall–Kier alpha value is -1.47. The summed E-state index contributed by atoms with van der Waals surface area (Å²) in [6, 6.07) is 11.0. The molecular formula is C14H13ClFNO3S. The molecule has 1 unspecified atom stereocenters. The molecule has 0 radical (unpaired) electrons. The van der Waals surface area contributed by atoms with Crippen LogP contribution in [0.1, 0.15) is 11.6 Å². The van der Waals surface area contributed by atoms with Gasteiger partial charge < -0.3 is 5.11 Å². The number of aliphatic hydroxyl groups excluding tert-OH is 1. The van der Waals surface area contributed by atoms with Gasteiger partial charge in [0.2, 0.25) is 10.0 Å². The summed E-state index contributed by atoms with van der Waals surface area (Å²) in [6.07, 6.45) is 0. The van der Waals surface area contributed by atoms with Gasteiger partial charge in [-0.05, 0) is 23.8 Å². The highest BCUT2D eigenvalue weighted by molar-refractivity contribution is 7.89. The quantitative estimate of drug-likeness (QED) is 0.885. The minimum absolute atomic E-state index is 0.164. The van der Waals surface area contributed by atoms with Crippen molar-refractivity contribution in [2.75, 3.05) is 6.61 Å². The van der Waals surface area contributed by atoms with Crippen molar-refractivity contribution < 1.29 is 17.9 Å². The maximum absolute atomic E-state index is 13.1. The summed E-state index contributed by atoms with van der Waals surface area (Å²) >= 11 is 5.59. The van der Waals surface area contributed by atoms with Crippen LogP contribution >= 0.6 is 11.6 Å². The van der Waals surface area contributed by atoms with E-state index in [4.69, 9.17) is 11.6 Å². The maximum atomic E-state index is 13.1. The summed E-state index contributed by atoms with van der Waals surface area (Å²) in [5.74, 6) is -0.697. The lowest BCUT2D eigenvalue weighted by atomic mass is 10.1. The minimum Gasteiger partial charge on any atom is -0.394 e. The van der Waals surface area contributed by atoms with Gasteiger partial charge in [0, 0.05) is 0 Å². The fourth-order valence-electron chi connectivity index (χ4n) is 1.80. The number of sulfonamides is 1. The zero-order chi connectivity index (χ0) is 15.5. The Bertz CT molecular complexity index is 722. The molecule has 0 amide bonds. The first-order valence-electron chi connectivity index (χ1n) is 6.07. The van der Waals surface area contributed by atoms with Gasteiger partial charge >= 0.3 is 0 Å². The van der Waals surface area contributed by atoms with Crippen molar-refractivity contribution >= 4 is 21.6 Å². The second-order valence-corrected chi connectivity index (χ2v) is 6.46. The van der Waals surface area contributed by atoms with Gasteiger partial charge in [0.25, 0.3) is 0 Å². The Labute approximate surface area is 127 Å². The summed E-state index contributed by atoms with van der Waals surface area (Å²) < 4.78 is 39.9. The zero-order valence-electron chi connectivity index (χ0n) is 10.8. The molecule has 0 heterocycles. The van der Waals surface area contributed by atoms with Gasteiger partial charge in [0.1, 0.15) is 5.82 Å². The molecule has 7 heteroatoms. The Kier molecular flexibility index (Phi) is 4.95. The van der Waals surface area contributed by atoms with Gasteiger partial charge in [-0.2, -0.15) is 0 Å². The Morgan fingerprint density at radius 1 is 1.19 bits per heavy atom. The molecule has 0 saturated heterocycles. The summed E-state index contributed by atoms with van der Waals surface area (Å²) in [7, 11) is -3.92. The average molecular weight is 330 g/mol. The molecule has 2 N–H and O–H groups in total. The van der Waals surface area contributed by atoms with Crippen LogP contribution < -0.4 is 4.72 Å². The van der Waals surface area contributed by atoms with Crippen LogP contribution in [0.2, 0.25) is 5.02 Å². The highest BCUT2D eigenvalue weighted by atomic mass is 35.5. The number of nitrogens with one attached hydrogen (secondary N) is 1. The molecule has 1 atom stereocenters. The monoisotopic (exact) mass is 329 g/mol. The normalized spacial score (nSPS) is 13.1. The van der Waals surface area contributed by atoms with E-state index in [0.29, 0.717) is 5.56 Å². The van der Waals surface area contributed by atoms with Crippen molar-refractivity contribution in [3.05, 3.63) is 64.9 Å². The van der Waals surface area contributed by atoms with Crippen molar-refractivity contribution in [3.63, 3.8) is 0 Å². The molecule has 2 aromatic carbocycles. The van der Waals surface area contributed by atoms with E-state index < -0.39 is 28.5 Å². The van der Waals surface area contributed by atoms with Crippen LogP contribution in [0.5, 0.6) is 0 Å². The molecule has 0 aliphatic rings. The number of hydrogen-bond acceptors (Lipinski definition) is 3. The number of halogens is 2. The first-order chi connectivity index (χ1) is 9.94. The van der Waals surface area contributed by atoms with Gasteiger partial charge in [-0.1, -0.05) is 41.9 Å². The SMILES string of the molecule is O=S(=O)(NC(CO)c1ccccc1)c1ccc(F)c(Cl)c1. The lowest BCUT2D eigenvalue weighted by Crippen LogP contribution is -2.30. The van der Waals surface area contributed by atoms with Crippen molar-refractivity contribution in [1.82, 2.24) is 4.72 Å². The fourth-order valence-corrected chi connectivity index (χ4v) is 3.28. The van der Waals surface area contributed by atoms with Gasteiger partial charge in [-0.15, -0.1) is 0 Å². The van der Waals surface area contributed by atoms with Gasteiger partial charge in [0.15, 0.2) is 0 Å². The predicted octanol–water partition coefficient (Wildman–Crippen LogP) is 2.49. The lowest BCUT2D eigenvalue weighted by Gasteiger charge is -2.17. The first-order valence-corrected chi connectivity index (χ1v) is 7.93. The van der Waals surface area contributed by atoms with Crippen molar-refractivity contribution in [3.8, 4) is 0 Å². The lowest BCUT2D eigenvalue weighted by molar-refractivity contribution is 0.259. The molecule has 0 aliphatic carbocycles. The van der Waals surface area contributed by atoms with Crippen molar-refractivity contribution in [2.24, 2.45) is 0 Å². The van der Waals surface area contributed by atoms with Gasteiger partial charge in [-0.3, -0.25) is 0 Å². The topological polar surface area (TPSA) is 66.4 Å². The molecule has 0 fully saturated rings. The smallest absolute Gasteiger partial charge is 0.241 e. The highest BCUT2D eigenvalue weighted by Crippen LogP contribution is 2.21. The van der Waals surface area contributed by atoms with Crippen molar-refractivity contribution in [1.29, 1.82) is 0 Å². The summed E-state index contributed by atoms with van der Waals surface area (Å²) in [6.45, 7) is -0.405. The molecule has 0 aliphatic heterocycles. The summed E-state index contributed by atoms with van der Waals surface area (Å²) in [5, 5.41) is 9.10. The average Bonchev–Trinajstić information content (AvgIpc) is 2.48. The molecule has 21 heavy (non-hydrogen) atoms. The van der Waals surface area contributed by atoms with Gasteiger partial charge in [-0.25, -0.2) is 17.5 Å². The molecule has 0 saturated carbocycles. The standard InChI is InChI=1S/C14H13ClFNO3S/c15-12-8-11(6-7-13(12)16)21(19,20)17-14(9-18)10-4-2-1-3-5-10/h1-8,14,17-18H,9H2. The Morgan fingerprint density at radius 3 is 2.43 bits per heavy atom. The Morgan fingerprint density at radius 2 is 1.86 bits per heavy atom. The number of benzene rings is 2.